The van der Waals surface area contributed by atoms with Crippen LogP contribution in [0.25, 0.3) is 11.2 Å². The molecule has 5 rings (SSSR count). The van der Waals surface area contributed by atoms with Crippen molar-refractivity contribution in [3.05, 3.63) is 34.2 Å². The van der Waals surface area contributed by atoms with Gasteiger partial charge in [-0.15, -0.1) is 0 Å². The van der Waals surface area contributed by atoms with E-state index in [0.717, 1.165) is 19.3 Å². The maximum Gasteiger partial charge on any atom is 0.225 e. The van der Waals surface area contributed by atoms with Crippen LogP contribution in [0, 0.1) is 11.7 Å². The summed E-state index contributed by atoms with van der Waals surface area (Å²) in [6, 6.07) is 2.23. The summed E-state index contributed by atoms with van der Waals surface area (Å²) < 4.78 is 15.7. The third kappa shape index (κ3) is 4.87. The fraction of sp³-hybridized carbons (Fsp3) is 0.478. The van der Waals surface area contributed by atoms with Crippen molar-refractivity contribution < 1.29 is 14.3 Å². The number of hydrogen-bond donors (Lipinski definition) is 4. The van der Waals surface area contributed by atoms with Crippen molar-refractivity contribution in [2.24, 2.45) is 11.7 Å². The number of imidazole rings is 1. The zero-order chi connectivity index (χ0) is 24.7. The molecule has 2 saturated carbocycles. The number of aromatic nitrogens is 4. The molecule has 1 amide bonds. The summed E-state index contributed by atoms with van der Waals surface area (Å²) in [5, 5.41) is 16.8. The number of benzene rings is 1. The van der Waals surface area contributed by atoms with Crippen LogP contribution in [0.2, 0.25) is 10.0 Å². The minimum absolute atomic E-state index is 0.0177. The van der Waals surface area contributed by atoms with Crippen molar-refractivity contribution in [2.45, 2.75) is 63.1 Å². The van der Waals surface area contributed by atoms with Gasteiger partial charge in [0.15, 0.2) is 5.65 Å². The quantitative estimate of drug-likeness (QED) is 0.373. The second-order valence-corrected chi connectivity index (χ2v) is 10.0. The van der Waals surface area contributed by atoms with Crippen LogP contribution in [-0.2, 0) is 4.79 Å². The van der Waals surface area contributed by atoms with Gasteiger partial charge in [0.25, 0.3) is 0 Å². The third-order valence-corrected chi connectivity index (χ3v) is 7.53. The maximum absolute atomic E-state index is 13.7. The number of carbonyl (C=O) groups excluding carboxylic acids is 1. The normalized spacial score (nSPS) is 24.6. The number of nitrogens with one attached hydrogen (secondary N) is 2. The lowest BCUT2D eigenvalue weighted by molar-refractivity contribution is -0.122. The van der Waals surface area contributed by atoms with Crippen LogP contribution in [0.4, 0.5) is 22.0 Å². The van der Waals surface area contributed by atoms with Crippen LogP contribution < -0.4 is 16.4 Å². The lowest BCUT2D eigenvalue weighted by Crippen LogP contribution is -2.29. The standard InChI is InChI=1S/C23H26Cl2FN7O2/c24-14-8-12(26)9-15(25)19(14)31-23-30-17-10-28-22(29-16-2-1-3-18(16)34)32-21(17)33(23)13-6-4-11(5-7-13)20(27)35/h8-11,13,16,18,34H,1-7H2,(H2,27,35)(H,30,31)(H,28,29,32)/t11?,13?,16-,18-/m1/s1. The highest BCUT2D eigenvalue weighted by Crippen LogP contribution is 2.39. The van der Waals surface area contributed by atoms with Gasteiger partial charge in [-0.25, -0.2) is 14.4 Å². The van der Waals surface area contributed by atoms with Gasteiger partial charge in [0.1, 0.15) is 11.3 Å². The summed E-state index contributed by atoms with van der Waals surface area (Å²) >= 11 is 12.5. The molecule has 35 heavy (non-hydrogen) atoms. The van der Waals surface area contributed by atoms with Crippen LogP contribution in [0.5, 0.6) is 0 Å². The molecule has 186 valence electrons. The molecule has 2 heterocycles. The number of anilines is 3. The highest BCUT2D eigenvalue weighted by molar-refractivity contribution is 6.39. The van der Waals surface area contributed by atoms with Gasteiger partial charge >= 0.3 is 0 Å². The number of halogens is 3. The van der Waals surface area contributed by atoms with Crippen LogP contribution in [0.15, 0.2) is 18.3 Å². The van der Waals surface area contributed by atoms with Crippen molar-refractivity contribution in [3.8, 4) is 0 Å². The Morgan fingerprint density at radius 3 is 2.46 bits per heavy atom. The molecule has 12 heteroatoms. The average Bonchev–Trinajstić information content (AvgIpc) is 3.38. The second-order valence-electron chi connectivity index (χ2n) is 9.23. The van der Waals surface area contributed by atoms with E-state index in [9.17, 15) is 14.3 Å². The Bertz CT molecular complexity index is 1240. The Morgan fingerprint density at radius 1 is 1.11 bits per heavy atom. The van der Waals surface area contributed by atoms with E-state index in [0.29, 0.717) is 54.4 Å². The van der Waals surface area contributed by atoms with Crippen LogP contribution >= 0.6 is 23.2 Å². The molecule has 0 saturated heterocycles. The summed E-state index contributed by atoms with van der Waals surface area (Å²) in [6.07, 6.45) is 6.42. The first-order valence-electron chi connectivity index (χ1n) is 11.7. The van der Waals surface area contributed by atoms with Crippen LogP contribution in [0.3, 0.4) is 0 Å². The fourth-order valence-corrected chi connectivity index (χ4v) is 5.62. The fourth-order valence-electron chi connectivity index (χ4n) is 5.06. The van der Waals surface area contributed by atoms with Gasteiger partial charge < -0.3 is 21.5 Å². The van der Waals surface area contributed by atoms with Gasteiger partial charge in [0.05, 0.1) is 34.1 Å². The number of aliphatic hydroxyl groups is 1. The average molecular weight is 522 g/mol. The van der Waals surface area contributed by atoms with Gasteiger partial charge in [-0.05, 0) is 57.1 Å². The monoisotopic (exact) mass is 521 g/mol. The van der Waals surface area contributed by atoms with E-state index in [1.165, 1.54) is 12.1 Å². The molecule has 2 atom stereocenters. The third-order valence-electron chi connectivity index (χ3n) is 6.93. The Kier molecular flexibility index (Phi) is 6.69. The number of carbonyl (C=O) groups is 1. The first-order valence-corrected chi connectivity index (χ1v) is 12.5. The Balaban J connectivity index is 1.54. The van der Waals surface area contributed by atoms with Crippen LogP contribution in [0.1, 0.15) is 51.0 Å². The number of rotatable bonds is 6. The lowest BCUT2D eigenvalue weighted by atomic mass is 9.85. The molecule has 2 aliphatic rings. The summed E-state index contributed by atoms with van der Waals surface area (Å²) in [7, 11) is 0. The van der Waals surface area contributed by atoms with E-state index < -0.39 is 11.9 Å². The number of primary amides is 1. The Hall–Kier alpha value is -2.69. The van der Waals surface area contributed by atoms with Gasteiger partial charge in [0, 0.05) is 12.0 Å². The zero-order valence-corrected chi connectivity index (χ0v) is 20.4. The molecule has 0 unspecified atom stereocenters. The minimum atomic E-state index is -0.542. The molecule has 0 aliphatic heterocycles. The molecule has 0 spiro atoms. The van der Waals surface area contributed by atoms with E-state index in [2.05, 4.69) is 20.6 Å². The van der Waals surface area contributed by atoms with Crippen molar-refractivity contribution in [1.29, 1.82) is 0 Å². The first kappa shape index (κ1) is 24.0. The number of nitrogens with zero attached hydrogens (tertiary/aromatic N) is 4. The maximum atomic E-state index is 13.7. The van der Waals surface area contributed by atoms with E-state index >= 15 is 0 Å². The lowest BCUT2D eigenvalue weighted by Gasteiger charge is -2.29. The molecular weight excluding hydrogens is 496 g/mol. The molecule has 0 bridgehead atoms. The first-order chi connectivity index (χ1) is 16.8. The molecule has 9 nitrogen and oxygen atoms in total. The number of amides is 1. The molecule has 2 aromatic heterocycles. The molecule has 5 N–H and O–H groups in total. The van der Waals surface area contributed by atoms with Crippen molar-refractivity contribution in [1.82, 2.24) is 19.5 Å². The number of hydrogen-bond acceptors (Lipinski definition) is 7. The minimum Gasteiger partial charge on any atom is -0.391 e. The van der Waals surface area contributed by atoms with Crippen molar-refractivity contribution >= 4 is 57.9 Å². The van der Waals surface area contributed by atoms with Crippen LogP contribution in [-0.4, -0.2) is 42.7 Å². The van der Waals surface area contributed by atoms with Gasteiger partial charge in [-0.3, -0.25) is 9.36 Å². The summed E-state index contributed by atoms with van der Waals surface area (Å²) in [6.45, 7) is 0. The smallest absolute Gasteiger partial charge is 0.225 e. The Morgan fingerprint density at radius 2 is 1.83 bits per heavy atom. The second kappa shape index (κ2) is 9.75. The Labute approximate surface area is 211 Å². The van der Waals surface area contributed by atoms with Crippen molar-refractivity contribution in [3.63, 3.8) is 0 Å². The largest absolute Gasteiger partial charge is 0.391 e. The number of nitrogens with two attached hydrogens (primary N) is 1. The molecule has 1 aromatic carbocycles. The SMILES string of the molecule is NC(=O)C1CCC(n2c(Nc3c(Cl)cc(F)cc3Cl)nc3cnc(N[C@@H]4CCC[C@H]4O)nc32)CC1. The predicted octanol–water partition coefficient (Wildman–Crippen LogP) is 4.56. The molecule has 2 fully saturated rings. The summed E-state index contributed by atoms with van der Waals surface area (Å²) in [5.74, 6) is -0.148. The molecular formula is C23H26Cl2FN7O2. The number of aliphatic hydroxyl groups excluding tert-OH is 1. The topological polar surface area (TPSA) is 131 Å². The van der Waals surface area contributed by atoms with E-state index in [-0.39, 0.29) is 34.0 Å². The summed E-state index contributed by atoms with van der Waals surface area (Å²) in [4.78, 5) is 25.5. The van der Waals surface area contributed by atoms with Crippen molar-refractivity contribution in [2.75, 3.05) is 10.6 Å². The van der Waals surface area contributed by atoms with E-state index in [1.807, 2.05) is 4.57 Å². The van der Waals surface area contributed by atoms with E-state index in [1.54, 1.807) is 6.20 Å². The molecule has 0 radical (unpaired) electrons. The van der Waals surface area contributed by atoms with Gasteiger partial charge in [-0.2, -0.15) is 4.98 Å². The van der Waals surface area contributed by atoms with Gasteiger partial charge in [0.2, 0.25) is 17.8 Å². The summed E-state index contributed by atoms with van der Waals surface area (Å²) in [5.41, 5.74) is 7.00. The van der Waals surface area contributed by atoms with Gasteiger partial charge in [-0.1, -0.05) is 23.2 Å². The number of fused-ring (bicyclic) bond motifs is 1. The molecule has 2 aliphatic carbocycles. The van der Waals surface area contributed by atoms with E-state index in [4.69, 9.17) is 33.9 Å². The predicted molar refractivity (Wildman–Crippen MR) is 132 cm³/mol. The highest BCUT2D eigenvalue weighted by atomic mass is 35.5. The zero-order valence-electron chi connectivity index (χ0n) is 18.8. The highest BCUT2D eigenvalue weighted by Gasteiger charge is 2.30. The molecule has 3 aromatic rings.